The van der Waals surface area contributed by atoms with Crippen molar-refractivity contribution in [3.8, 4) is 5.75 Å². The zero-order chi connectivity index (χ0) is 21.0. The quantitative estimate of drug-likeness (QED) is 0.415. The number of nitrogens with one attached hydrogen (secondary N) is 1. The Kier molecular flexibility index (Phi) is 6.50. The van der Waals surface area contributed by atoms with Crippen LogP contribution < -0.4 is 9.97 Å². The van der Waals surface area contributed by atoms with Gasteiger partial charge in [0.25, 0.3) is 0 Å². The molecule has 1 saturated heterocycles. The van der Waals surface area contributed by atoms with E-state index in [1.54, 1.807) is 12.1 Å². The van der Waals surface area contributed by atoms with Crippen LogP contribution in [0.15, 0.2) is 35.6 Å². The topological polar surface area (TPSA) is 132 Å². The number of rotatable bonds is 8. The first kappa shape index (κ1) is 20.8. The average molecular weight is 402 g/mol. The molecule has 2 aliphatic heterocycles. The normalized spacial score (nSPS) is 19.7. The Morgan fingerprint density at radius 1 is 1.21 bits per heavy atom. The SMILES string of the molecule is C=C(CN1CCN(CC(=O)O)CC1)NC1Cc2cccc(C(=O)O)c2OB1N=O. The maximum Gasteiger partial charge on any atom is 0.570 e. The van der Waals surface area contributed by atoms with Gasteiger partial charge in [-0.1, -0.05) is 23.8 Å². The largest absolute Gasteiger partial charge is 0.570 e. The molecular formula is C18H23BN4O6. The number of benzene rings is 1. The van der Waals surface area contributed by atoms with E-state index in [1.807, 2.05) is 4.90 Å². The van der Waals surface area contributed by atoms with Crippen LogP contribution in [-0.2, 0) is 11.2 Å². The lowest BCUT2D eigenvalue weighted by Gasteiger charge is -2.35. The van der Waals surface area contributed by atoms with E-state index in [9.17, 15) is 19.6 Å². The molecule has 0 amide bonds. The van der Waals surface area contributed by atoms with Crippen LogP contribution in [0.3, 0.4) is 0 Å². The summed E-state index contributed by atoms with van der Waals surface area (Å²) in [6.07, 6.45) is 0.387. The zero-order valence-corrected chi connectivity index (χ0v) is 15.9. The fraction of sp³-hybridized carbons (Fsp3) is 0.444. The van der Waals surface area contributed by atoms with Crippen molar-refractivity contribution in [1.82, 2.24) is 15.1 Å². The van der Waals surface area contributed by atoms with Crippen molar-refractivity contribution in [2.45, 2.75) is 12.4 Å². The number of aromatic carboxylic acids is 1. The first-order valence-electron chi connectivity index (χ1n) is 9.32. The van der Waals surface area contributed by atoms with Crippen LogP contribution in [0.5, 0.6) is 5.75 Å². The molecule has 154 valence electrons. The molecule has 0 aromatic heterocycles. The number of carboxylic acids is 2. The number of nitroso groups, excluding NO2 is 1. The van der Waals surface area contributed by atoms with E-state index < -0.39 is 24.9 Å². The van der Waals surface area contributed by atoms with Crippen molar-refractivity contribution in [2.75, 3.05) is 39.3 Å². The fourth-order valence-corrected chi connectivity index (χ4v) is 3.69. The molecule has 1 aromatic carbocycles. The van der Waals surface area contributed by atoms with Crippen LogP contribution in [0.2, 0.25) is 0 Å². The molecular weight excluding hydrogens is 379 g/mol. The monoisotopic (exact) mass is 402 g/mol. The van der Waals surface area contributed by atoms with Gasteiger partial charge in [0.2, 0.25) is 0 Å². The molecule has 0 bridgehead atoms. The maximum atomic E-state index is 11.4. The van der Waals surface area contributed by atoms with E-state index >= 15 is 0 Å². The standard InChI is InChI=1S/C18H23BN4O6/c1-12(10-22-5-7-23(8-6-22)11-16(24)25)20-15-9-13-3-2-4-14(18(26)27)17(13)29-19(15)21-28/h2-4,15,20H,1,5-11H2,(H,24,25)(H,26,27). The Morgan fingerprint density at radius 2 is 1.86 bits per heavy atom. The smallest absolute Gasteiger partial charge is 0.536 e. The Labute approximate surface area is 168 Å². The Balaban J connectivity index is 1.58. The molecule has 2 aliphatic rings. The van der Waals surface area contributed by atoms with Gasteiger partial charge in [0.1, 0.15) is 5.75 Å². The van der Waals surface area contributed by atoms with Gasteiger partial charge in [-0.05, 0) is 18.1 Å². The van der Waals surface area contributed by atoms with Crippen molar-refractivity contribution >= 4 is 19.0 Å². The van der Waals surface area contributed by atoms with Crippen LogP contribution in [0, 0.1) is 4.91 Å². The highest BCUT2D eigenvalue weighted by Gasteiger charge is 2.39. The van der Waals surface area contributed by atoms with Crippen LogP contribution in [0.4, 0.5) is 0 Å². The lowest BCUT2D eigenvalue weighted by molar-refractivity contribution is -0.138. The van der Waals surface area contributed by atoms with E-state index in [4.69, 9.17) is 9.76 Å². The number of para-hydroxylation sites is 1. The van der Waals surface area contributed by atoms with Crippen LogP contribution in [0.25, 0.3) is 0 Å². The predicted molar refractivity (Wildman–Crippen MR) is 106 cm³/mol. The van der Waals surface area contributed by atoms with E-state index in [0.717, 1.165) is 13.1 Å². The van der Waals surface area contributed by atoms with Gasteiger partial charge < -0.3 is 20.2 Å². The number of piperazine rings is 1. The lowest BCUT2D eigenvalue weighted by Crippen LogP contribution is -2.52. The first-order valence-corrected chi connectivity index (χ1v) is 9.32. The lowest BCUT2D eigenvalue weighted by atomic mass is 9.68. The highest BCUT2D eigenvalue weighted by atomic mass is 16.5. The summed E-state index contributed by atoms with van der Waals surface area (Å²) in [5.74, 6) is -2.22. The Morgan fingerprint density at radius 3 is 2.45 bits per heavy atom. The maximum absolute atomic E-state index is 11.4. The van der Waals surface area contributed by atoms with Crippen molar-refractivity contribution in [3.05, 3.63) is 46.5 Å². The number of carboxylic acid groups (broad SMARTS) is 2. The van der Waals surface area contributed by atoms with E-state index in [2.05, 4.69) is 21.9 Å². The summed E-state index contributed by atoms with van der Waals surface area (Å²) in [6.45, 7) is 7.37. The third-order valence-corrected chi connectivity index (χ3v) is 5.08. The van der Waals surface area contributed by atoms with Crippen LogP contribution in [0.1, 0.15) is 15.9 Å². The molecule has 0 spiro atoms. The highest BCUT2D eigenvalue weighted by molar-refractivity contribution is 6.53. The van der Waals surface area contributed by atoms with Gasteiger partial charge >= 0.3 is 19.0 Å². The molecule has 29 heavy (non-hydrogen) atoms. The summed E-state index contributed by atoms with van der Waals surface area (Å²) >= 11 is 0. The second kappa shape index (κ2) is 9.06. The summed E-state index contributed by atoms with van der Waals surface area (Å²) < 4.78 is 5.59. The summed E-state index contributed by atoms with van der Waals surface area (Å²) in [6, 6.07) is 4.84. The molecule has 0 aliphatic carbocycles. The van der Waals surface area contributed by atoms with Gasteiger partial charge in [0, 0.05) is 38.4 Å². The summed E-state index contributed by atoms with van der Waals surface area (Å²) in [5.41, 5.74) is 1.39. The second-order valence-corrected chi connectivity index (χ2v) is 7.22. The van der Waals surface area contributed by atoms with Crippen molar-refractivity contribution in [1.29, 1.82) is 0 Å². The van der Waals surface area contributed by atoms with E-state index in [1.165, 1.54) is 6.07 Å². The van der Waals surface area contributed by atoms with Gasteiger partial charge in [-0.3, -0.25) is 14.6 Å². The van der Waals surface area contributed by atoms with Crippen molar-refractivity contribution < 1.29 is 24.5 Å². The van der Waals surface area contributed by atoms with Gasteiger partial charge in [0.15, 0.2) is 0 Å². The average Bonchev–Trinajstić information content (AvgIpc) is 2.67. The van der Waals surface area contributed by atoms with Crippen LogP contribution in [-0.4, -0.2) is 84.2 Å². The minimum absolute atomic E-state index is 0.00709. The fourth-order valence-electron chi connectivity index (χ4n) is 3.69. The molecule has 2 heterocycles. The molecule has 1 aromatic rings. The van der Waals surface area contributed by atoms with Gasteiger partial charge in [-0.25, -0.2) is 4.79 Å². The predicted octanol–water partition coefficient (Wildman–Crippen LogP) is 0.288. The van der Waals surface area contributed by atoms with E-state index in [0.29, 0.717) is 37.3 Å². The van der Waals surface area contributed by atoms with E-state index in [-0.39, 0.29) is 17.9 Å². The number of hydrogen-bond acceptors (Lipinski definition) is 8. The van der Waals surface area contributed by atoms with Gasteiger partial charge in [-0.15, -0.1) is 0 Å². The third-order valence-electron chi connectivity index (χ3n) is 5.08. The Hall–Kier alpha value is -2.92. The number of hydrogen-bond donors (Lipinski definition) is 3. The molecule has 10 nitrogen and oxygen atoms in total. The minimum Gasteiger partial charge on any atom is -0.536 e. The summed E-state index contributed by atoms with van der Waals surface area (Å²) in [5, 5.41) is 24.4. The molecule has 1 unspecified atom stereocenters. The van der Waals surface area contributed by atoms with Crippen LogP contribution >= 0.6 is 0 Å². The molecule has 3 rings (SSSR count). The highest BCUT2D eigenvalue weighted by Crippen LogP contribution is 2.31. The van der Waals surface area contributed by atoms with Crippen molar-refractivity contribution in [3.63, 3.8) is 0 Å². The molecule has 1 fully saturated rings. The van der Waals surface area contributed by atoms with Crippen molar-refractivity contribution in [2.24, 2.45) is 5.09 Å². The second-order valence-electron chi connectivity index (χ2n) is 7.22. The summed E-state index contributed by atoms with van der Waals surface area (Å²) in [7, 11) is -1.06. The third kappa shape index (κ3) is 5.12. The first-order chi connectivity index (χ1) is 13.9. The molecule has 0 saturated carbocycles. The minimum atomic E-state index is -1.12. The number of aliphatic carboxylic acids is 1. The summed E-state index contributed by atoms with van der Waals surface area (Å²) in [4.78, 5) is 37.5. The van der Waals surface area contributed by atoms with Gasteiger partial charge in [0.05, 0.1) is 18.0 Å². The number of nitrogens with zero attached hydrogens (tertiary/aromatic N) is 3. The molecule has 3 N–H and O–H groups in total. The zero-order valence-electron chi connectivity index (χ0n) is 15.9. The number of fused-ring (bicyclic) bond motifs is 1. The number of carbonyl (C=O) groups is 2. The molecule has 0 radical (unpaired) electrons. The van der Waals surface area contributed by atoms with Gasteiger partial charge in [-0.2, -0.15) is 4.91 Å². The Bertz CT molecular complexity index is 812. The molecule has 1 atom stereocenters. The molecule has 11 heteroatoms.